The Bertz CT molecular complexity index is 714. The van der Waals surface area contributed by atoms with Crippen molar-refractivity contribution >= 4 is 33.3 Å². The van der Waals surface area contributed by atoms with Gasteiger partial charge in [-0.05, 0) is 17.0 Å². The second-order valence-electron chi connectivity index (χ2n) is 4.38. The highest BCUT2D eigenvalue weighted by atomic mass is 32.1. The van der Waals surface area contributed by atoms with E-state index in [0.717, 1.165) is 15.8 Å². The van der Waals surface area contributed by atoms with Crippen LogP contribution in [-0.4, -0.2) is 21.6 Å². The van der Waals surface area contributed by atoms with Gasteiger partial charge in [-0.1, -0.05) is 30.3 Å². The number of rotatable bonds is 4. The van der Waals surface area contributed by atoms with Gasteiger partial charge in [0, 0.05) is 6.54 Å². The topological polar surface area (TPSA) is 84.1 Å². The Hall–Kier alpha value is -2.18. The van der Waals surface area contributed by atoms with Crippen LogP contribution < -0.4 is 11.1 Å². The second kappa shape index (κ2) is 5.44. The van der Waals surface area contributed by atoms with Crippen LogP contribution in [0.5, 0.6) is 0 Å². The minimum absolute atomic E-state index is 0.233. The number of aliphatic hydroxyl groups is 1. The molecule has 0 saturated carbocycles. The zero-order chi connectivity index (χ0) is 13.9. The van der Waals surface area contributed by atoms with Gasteiger partial charge in [0.15, 0.2) is 0 Å². The fourth-order valence-electron chi connectivity index (χ4n) is 1.99. The molecule has 20 heavy (non-hydrogen) atoms. The van der Waals surface area contributed by atoms with Crippen LogP contribution in [0.1, 0.15) is 11.7 Å². The summed E-state index contributed by atoms with van der Waals surface area (Å²) in [7, 11) is 0. The van der Waals surface area contributed by atoms with Gasteiger partial charge in [0.2, 0.25) is 5.95 Å². The lowest BCUT2D eigenvalue weighted by molar-refractivity contribution is 0.191. The Kier molecular flexibility index (Phi) is 3.49. The van der Waals surface area contributed by atoms with E-state index in [2.05, 4.69) is 15.3 Å². The van der Waals surface area contributed by atoms with Crippen LogP contribution in [0, 0.1) is 0 Å². The molecule has 0 amide bonds. The molecule has 0 aliphatic heterocycles. The average molecular weight is 286 g/mol. The summed E-state index contributed by atoms with van der Waals surface area (Å²) in [6, 6.07) is 11.4. The highest BCUT2D eigenvalue weighted by Gasteiger charge is 2.10. The Morgan fingerprint density at radius 1 is 1.20 bits per heavy atom. The van der Waals surface area contributed by atoms with E-state index in [1.54, 1.807) is 0 Å². The summed E-state index contributed by atoms with van der Waals surface area (Å²) in [6.45, 7) is 0.366. The van der Waals surface area contributed by atoms with Crippen molar-refractivity contribution in [2.24, 2.45) is 0 Å². The highest BCUT2D eigenvalue weighted by molar-refractivity contribution is 7.16. The van der Waals surface area contributed by atoms with Gasteiger partial charge in [0.05, 0.1) is 11.5 Å². The van der Waals surface area contributed by atoms with E-state index >= 15 is 0 Å². The number of anilines is 2. The number of nitrogen functional groups attached to an aromatic ring is 1. The normalized spacial score (nSPS) is 12.4. The van der Waals surface area contributed by atoms with Crippen molar-refractivity contribution in [2.75, 3.05) is 17.6 Å². The van der Waals surface area contributed by atoms with Crippen LogP contribution in [0.4, 0.5) is 11.8 Å². The summed E-state index contributed by atoms with van der Waals surface area (Å²) in [4.78, 5) is 9.20. The number of nitrogens with two attached hydrogens (primary N) is 1. The molecule has 0 radical (unpaired) electrons. The molecular formula is C14H14N4OS. The first-order valence-corrected chi connectivity index (χ1v) is 7.09. The zero-order valence-electron chi connectivity index (χ0n) is 10.7. The molecule has 1 unspecified atom stereocenters. The second-order valence-corrected chi connectivity index (χ2v) is 5.27. The van der Waals surface area contributed by atoms with Crippen LogP contribution in [-0.2, 0) is 0 Å². The van der Waals surface area contributed by atoms with Crippen molar-refractivity contribution in [3.63, 3.8) is 0 Å². The number of nitrogens with one attached hydrogen (secondary N) is 1. The molecule has 3 rings (SSSR count). The minimum Gasteiger partial charge on any atom is -0.387 e. The summed E-state index contributed by atoms with van der Waals surface area (Å²) in [5.74, 6) is 0.889. The number of hydrogen-bond donors (Lipinski definition) is 3. The fraction of sp³-hybridized carbons (Fsp3) is 0.143. The van der Waals surface area contributed by atoms with Crippen molar-refractivity contribution < 1.29 is 5.11 Å². The van der Waals surface area contributed by atoms with Crippen LogP contribution in [0.15, 0.2) is 41.8 Å². The number of benzene rings is 1. The summed E-state index contributed by atoms with van der Waals surface area (Å²) in [5.41, 5.74) is 6.55. The van der Waals surface area contributed by atoms with E-state index in [1.807, 2.05) is 41.8 Å². The summed E-state index contributed by atoms with van der Waals surface area (Å²) in [5, 5.41) is 16.1. The zero-order valence-corrected chi connectivity index (χ0v) is 11.5. The van der Waals surface area contributed by atoms with Crippen molar-refractivity contribution in [1.82, 2.24) is 9.97 Å². The molecule has 102 valence electrons. The Morgan fingerprint density at radius 3 is 2.80 bits per heavy atom. The maximum Gasteiger partial charge on any atom is 0.223 e. The highest BCUT2D eigenvalue weighted by Crippen LogP contribution is 2.26. The molecule has 2 aromatic heterocycles. The molecule has 2 heterocycles. The number of aliphatic hydroxyl groups excluding tert-OH is 1. The van der Waals surface area contributed by atoms with E-state index in [1.165, 1.54) is 11.3 Å². The van der Waals surface area contributed by atoms with Crippen LogP contribution in [0.2, 0.25) is 0 Å². The lowest BCUT2D eigenvalue weighted by Crippen LogP contribution is -2.13. The van der Waals surface area contributed by atoms with Gasteiger partial charge in [0.1, 0.15) is 10.6 Å². The van der Waals surface area contributed by atoms with Crippen LogP contribution in [0.25, 0.3) is 10.2 Å². The van der Waals surface area contributed by atoms with E-state index in [9.17, 15) is 5.11 Å². The average Bonchev–Trinajstić information content (AvgIpc) is 2.93. The number of hydrogen-bond acceptors (Lipinski definition) is 6. The van der Waals surface area contributed by atoms with Crippen molar-refractivity contribution in [3.8, 4) is 0 Å². The monoisotopic (exact) mass is 286 g/mol. The number of thiophene rings is 1. The first kappa shape index (κ1) is 12.8. The molecule has 1 atom stereocenters. The van der Waals surface area contributed by atoms with E-state index in [4.69, 9.17) is 5.73 Å². The molecule has 0 spiro atoms. The molecule has 0 aliphatic carbocycles. The standard InChI is InChI=1S/C14H14N4OS/c15-14-17-12(10-6-7-20-13(10)18-14)16-8-11(19)9-4-2-1-3-5-9/h1-7,11,19H,8H2,(H3,15,16,17,18). The van der Waals surface area contributed by atoms with E-state index < -0.39 is 6.10 Å². The quantitative estimate of drug-likeness (QED) is 0.686. The Morgan fingerprint density at radius 2 is 2.00 bits per heavy atom. The SMILES string of the molecule is Nc1nc(NCC(O)c2ccccc2)c2ccsc2n1. The molecule has 6 heteroatoms. The van der Waals surface area contributed by atoms with E-state index in [0.29, 0.717) is 12.4 Å². The lowest BCUT2D eigenvalue weighted by atomic mass is 10.1. The molecule has 0 bridgehead atoms. The van der Waals surface area contributed by atoms with Gasteiger partial charge in [-0.15, -0.1) is 11.3 Å². The molecule has 3 aromatic rings. The third-order valence-corrected chi connectivity index (χ3v) is 3.80. The predicted octanol–water partition coefficient (Wildman–Crippen LogP) is 2.42. The van der Waals surface area contributed by atoms with E-state index in [-0.39, 0.29) is 5.95 Å². The van der Waals surface area contributed by atoms with Gasteiger partial charge in [0.25, 0.3) is 0 Å². The predicted molar refractivity (Wildman–Crippen MR) is 81.7 cm³/mol. The third-order valence-electron chi connectivity index (χ3n) is 2.99. The molecule has 0 aliphatic rings. The Balaban J connectivity index is 1.78. The maximum absolute atomic E-state index is 10.1. The van der Waals surface area contributed by atoms with Crippen LogP contribution >= 0.6 is 11.3 Å². The minimum atomic E-state index is -0.596. The maximum atomic E-state index is 10.1. The summed E-state index contributed by atoms with van der Waals surface area (Å²) >= 11 is 1.51. The van der Waals surface area contributed by atoms with Crippen molar-refractivity contribution in [3.05, 3.63) is 47.3 Å². The largest absolute Gasteiger partial charge is 0.387 e. The summed E-state index contributed by atoms with van der Waals surface area (Å²) < 4.78 is 0. The van der Waals surface area contributed by atoms with Gasteiger partial charge < -0.3 is 16.2 Å². The molecule has 5 nitrogen and oxygen atoms in total. The van der Waals surface area contributed by atoms with Crippen molar-refractivity contribution in [1.29, 1.82) is 0 Å². The van der Waals surface area contributed by atoms with Gasteiger partial charge in [-0.25, -0.2) is 4.98 Å². The Labute approximate surface area is 120 Å². The molecule has 1 aromatic carbocycles. The number of aromatic nitrogens is 2. The fourth-order valence-corrected chi connectivity index (χ4v) is 2.76. The molecule has 0 saturated heterocycles. The molecular weight excluding hydrogens is 272 g/mol. The first-order valence-electron chi connectivity index (χ1n) is 6.21. The summed E-state index contributed by atoms with van der Waals surface area (Å²) in [6.07, 6.45) is -0.596. The van der Waals surface area contributed by atoms with Crippen molar-refractivity contribution in [2.45, 2.75) is 6.10 Å². The smallest absolute Gasteiger partial charge is 0.223 e. The van der Waals surface area contributed by atoms with Gasteiger partial charge in [-0.2, -0.15) is 4.98 Å². The van der Waals surface area contributed by atoms with Crippen LogP contribution in [0.3, 0.4) is 0 Å². The number of fused-ring (bicyclic) bond motifs is 1. The third kappa shape index (κ3) is 2.56. The van der Waals surface area contributed by atoms with Gasteiger partial charge >= 0.3 is 0 Å². The molecule has 0 fully saturated rings. The van der Waals surface area contributed by atoms with Gasteiger partial charge in [-0.3, -0.25) is 0 Å². The first-order chi connectivity index (χ1) is 9.74. The number of nitrogens with zero attached hydrogens (tertiary/aromatic N) is 2. The molecule has 4 N–H and O–H groups in total. The lowest BCUT2D eigenvalue weighted by Gasteiger charge is -2.13.